The highest BCUT2D eigenvalue weighted by atomic mass is 127. The van der Waals surface area contributed by atoms with Gasteiger partial charge < -0.3 is 15.4 Å². The third-order valence-corrected chi connectivity index (χ3v) is 3.39. The van der Waals surface area contributed by atoms with Crippen molar-refractivity contribution in [1.82, 2.24) is 25.4 Å². The topological polar surface area (TPSA) is 76.4 Å². The summed E-state index contributed by atoms with van der Waals surface area (Å²) < 4.78 is 41.9. The number of rotatable bonds is 7. The Kier molecular flexibility index (Phi) is 9.32. The van der Waals surface area contributed by atoms with Gasteiger partial charge in [0.25, 0.3) is 0 Å². The number of benzene rings is 1. The summed E-state index contributed by atoms with van der Waals surface area (Å²) in [5.41, 5.74) is 0.885. The molecule has 0 aliphatic rings. The number of aryl methyl sites for hydroxylation is 1. The van der Waals surface area contributed by atoms with Crippen LogP contribution < -0.4 is 15.4 Å². The normalized spacial score (nSPS) is 11.7. The number of nitrogens with zero attached hydrogens (tertiary/aromatic N) is 4. The molecular formula is C16H22F3IN6O. The highest BCUT2D eigenvalue weighted by Crippen LogP contribution is 2.22. The summed E-state index contributed by atoms with van der Waals surface area (Å²) in [5, 5.41) is 10.3. The Labute approximate surface area is 172 Å². The van der Waals surface area contributed by atoms with Gasteiger partial charge >= 0.3 is 6.36 Å². The van der Waals surface area contributed by atoms with Crippen molar-refractivity contribution in [2.75, 3.05) is 13.1 Å². The number of aromatic nitrogens is 3. The number of aliphatic imine (C=N–C) groups is 1. The van der Waals surface area contributed by atoms with E-state index in [1.807, 2.05) is 6.92 Å². The minimum atomic E-state index is -4.68. The molecule has 0 radical (unpaired) electrons. The van der Waals surface area contributed by atoms with Gasteiger partial charge in [-0.15, -0.1) is 37.1 Å². The van der Waals surface area contributed by atoms with E-state index in [4.69, 9.17) is 0 Å². The molecule has 0 fully saturated rings. The fraction of sp³-hybridized carbons (Fsp3) is 0.438. The van der Waals surface area contributed by atoms with Gasteiger partial charge in [0.15, 0.2) is 5.96 Å². The first-order valence-electron chi connectivity index (χ1n) is 8.07. The molecular weight excluding hydrogens is 476 g/mol. The Morgan fingerprint density at radius 3 is 2.48 bits per heavy atom. The van der Waals surface area contributed by atoms with Crippen LogP contribution in [0.2, 0.25) is 0 Å². The van der Waals surface area contributed by atoms with Crippen molar-refractivity contribution in [2.24, 2.45) is 12.0 Å². The van der Waals surface area contributed by atoms with Gasteiger partial charge in [-0.3, -0.25) is 4.68 Å². The highest BCUT2D eigenvalue weighted by molar-refractivity contribution is 14.0. The lowest BCUT2D eigenvalue weighted by molar-refractivity contribution is -0.274. The van der Waals surface area contributed by atoms with E-state index in [1.54, 1.807) is 23.9 Å². The Morgan fingerprint density at radius 1 is 1.22 bits per heavy atom. The number of halogens is 4. The van der Waals surface area contributed by atoms with Crippen molar-refractivity contribution in [2.45, 2.75) is 26.3 Å². The van der Waals surface area contributed by atoms with Crippen LogP contribution >= 0.6 is 24.0 Å². The van der Waals surface area contributed by atoms with Crippen LogP contribution in [-0.4, -0.2) is 40.2 Å². The second kappa shape index (κ2) is 10.9. The molecule has 0 amide bonds. The van der Waals surface area contributed by atoms with Crippen LogP contribution in [0, 0.1) is 0 Å². The third kappa shape index (κ3) is 8.45. The van der Waals surface area contributed by atoms with Gasteiger partial charge in [0.05, 0.1) is 0 Å². The van der Waals surface area contributed by atoms with Crippen molar-refractivity contribution in [3.63, 3.8) is 0 Å². The lowest BCUT2D eigenvalue weighted by Gasteiger charge is -2.12. The van der Waals surface area contributed by atoms with E-state index < -0.39 is 6.36 Å². The maximum absolute atomic E-state index is 12.1. The standard InChI is InChI=1S/C16H21F3N6O.HI/c1-3-20-15(22-10-14-23-11-24-25(14)2)21-9-8-12-4-6-13(7-5-12)26-16(17,18)19;/h4-7,11H,3,8-10H2,1-2H3,(H2,20,21,22);1H. The monoisotopic (exact) mass is 498 g/mol. The molecule has 11 heteroatoms. The molecule has 1 aromatic carbocycles. The Morgan fingerprint density at radius 2 is 1.93 bits per heavy atom. The Balaban J connectivity index is 0.00000364. The van der Waals surface area contributed by atoms with Crippen molar-refractivity contribution in [3.05, 3.63) is 42.0 Å². The fourth-order valence-corrected chi connectivity index (χ4v) is 2.14. The lowest BCUT2D eigenvalue weighted by Crippen LogP contribution is -2.38. The Bertz CT molecular complexity index is 718. The van der Waals surface area contributed by atoms with Gasteiger partial charge in [0.1, 0.15) is 24.4 Å². The van der Waals surface area contributed by atoms with E-state index in [1.165, 1.54) is 18.5 Å². The van der Waals surface area contributed by atoms with Crippen molar-refractivity contribution in [3.8, 4) is 5.75 Å². The van der Waals surface area contributed by atoms with Gasteiger partial charge in [-0.2, -0.15) is 5.10 Å². The van der Waals surface area contributed by atoms with Crippen LogP contribution in [-0.2, 0) is 20.0 Å². The van der Waals surface area contributed by atoms with E-state index in [2.05, 4.69) is 30.4 Å². The summed E-state index contributed by atoms with van der Waals surface area (Å²) in [6, 6.07) is 5.81. The molecule has 0 aliphatic heterocycles. The zero-order valence-electron chi connectivity index (χ0n) is 15.0. The Hall–Kier alpha value is -2.05. The molecule has 1 aromatic heterocycles. The van der Waals surface area contributed by atoms with Gasteiger partial charge in [0, 0.05) is 20.1 Å². The maximum atomic E-state index is 12.1. The molecule has 1 heterocycles. The largest absolute Gasteiger partial charge is 0.573 e. The smallest absolute Gasteiger partial charge is 0.406 e. The summed E-state index contributed by atoms with van der Waals surface area (Å²) in [6.45, 7) is 3.62. The van der Waals surface area contributed by atoms with Gasteiger partial charge in [0.2, 0.25) is 0 Å². The molecule has 150 valence electrons. The molecule has 0 aliphatic carbocycles. The molecule has 0 saturated carbocycles. The predicted octanol–water partition coefficient (Wildman–Crippen LogP) is 2.63. The summed E-state index contributed by atoms with van der Waals surface area (Å²) in [6.07, 6.45) is -2.58. The summed E-state index contributed by atoms with van der Waals surface area (Å²) in [4.78, 5) is 8.54. The SMILES string of the molecule is CCNC(=NCc1ncnn1C)NCCc1ccc(OC(F)(F)F)cc1.I. The molecule has 0 spiro atoms. The van der Waals surface area contributed by atoms with Crippen molar-refractivity contribution in [1.29, 1.82) is 0 Å². The molecule has 0 saturated heterocycles. The van der Waals surface area contributed by atoms with Gasteiger partial charge in [-0.1, -0.05) is 12.1 Å². The zero-order chi connectivity index (χ0) is 19.0. The summed E-state index contributed by atoms with van der Waals surface area (Å²) >= 11 is 0. The average Bonchev–Trinajstić information content (AvgIpc) is 2.98. The van der Waals surface area contributed by atoms with Crippen LogP contribution in [0.1, 0.15) is 18.3 Å². The molecule has 2 N–H and O–H groups in total. The summed E-state index contributed by atoms with van der Waals surface area (Å²) in [7, 11) is 1.80. The van der Waals surface area contributed by atoms with Crippen LogP contribution in [0.4, 0.5) is 13.2 Å². The predicted molar refractivity (Wildman–Crippen MR) is 106 cm³/mol. The van der Waals surface area contributed by atoms with Crippen LogP contribution in [0.15, 0.2) is 35.6 Å². The molecule has 0 atom stereocenters. The molecule has 2 aromatic rings. The van der Waals surface area contributed by atoms with Crippen molar-refractivity contribution < 1.29 is 17.9 Å². The first kappa shape index (κ1) is 23.0. The number of guanidine groups is 1. The zero-order valence-corrected chi connectivity index (χ0v) is 17.3. The fourth-order valence-electron chi connectivity index (χ4n) is 2.14. The van der Waals surface area contributed by atoms with Crippen LogP contribution in [0.25, 0.3) is 0 Å². The molecule has 27 heavy (non-hydrogen) atoms. The number of alkyl halides is 3. The minimum absolute atomic E-state index is 0. The number of nitrogens with one attached hydrogen (secondary N) is 2. The molecule has 0 bridgehead atoms. The quantitative estimate of drug-likeness (QED) is 0.349. The second-order valence-electron chi connectivity index (χ2n) is 5.36. The van der Waals surface area contributed by atoms with E-state index in [0.29, 0.717) is 32.0 Å². The minimum Gasteiger partial charge on any atom is -0.406 e. The third-order valence-electron chi connectivity index (χ3n) is 3.39. The van der Waals surface area contributed by atoms with E-state index in [-0.39, 0.29) is 29.7 Å². The number of hydrogen-bond donors (Lipinski definition) is 2. The van der Waals surface area contributed by atoms with Gasteiger partial charge in [-0.25, -0.2) is 9.98 Å². The maximum Gasteiger partial charge on any atom is 0.573 e. The van der Waals surface area contributed by atoms with E-state index in [9.17, 15) is 13.2 Å². The van der Waals surface area contributed by atoms with Gasteiger partial charge in [-0.05, 0) is 31.0 Å². The van der Waals surface area contributed by atoms with E-state index >= 15 is 0 Å². The second-order valence-corrected chi connectivity index (χ2v) is 5.36. The first-order chi connectivity index (χ1) is 12.4. The number of hydrogen-bond acceptors (Lipinski definition) is 4. The highest BCUT2D eigenvalue weighted by Gasteiger charge is 2.30. The van der Waals surface area contributed by atoms with Crippen LogP contribution in [0.3, 0.4) is 0 Å². The molecule has 7 nitrogen and oxygen atoms in total. The molecule has 2 rings (SSSR count). The number of ether oxygens (including phenoxy) is 1. The average molecular weight is 498 g/mol. The van der Waals surface area contributed by atoms with E-state index in [0.717, 1.165) is 11.4 Å². The van der Waals surface area contributed by atoms with Crippen molar-refractivity contribution >= 4 is 29.9 Å². The lowest BCUT2D eigenvalue weighted by atomic mass is 10.1. The van der Waals surface area contributed by atoms with Crippen LogP contribution in [0.5, 0.6) is 5.75 Å². The first-order valence-corrected chi connectivity index (χ1v) is 8.07. The molecule has 0 unspecified atom stereocenters. The summed E-state index contributed by atoms with van der Waals surface area (Å²) in [5.74, 6) is 1.14.